The van der Waals surface area contributed by atoms with Crippen molar-refractivity contribution in [1.82, 2.24) is 15.2 Å². The molecule has 1 N–H and O–H groups in total. The molecule has 0 aromatic carbocycles. The second-order valence-electron chi connectivity index (χ2n) is 6.32. The first-order valence-corrected chi connectivity index (χ1v) is 9.20. The highest BCUT2D eigenvalue weighted by molar-refractivity contribution is 8.00. The Bertz CT molecular complexity index is 405. The molecule has 0 spiro atoms. The van der Waals surface area contributed by atoms with Gasteiger partial charge in [-0.05, 0) is 30.5 Å². The van der Waals surface area contributed by atoms with Gasteiger partial charge in [-0.2, -0.15) is 11.8 Å². The molecule has 2 rings (SSSR count). The van der Waals surface area contributed by atoms with Crippen LogP contribution in [0.4, 0.5) is 0 Å². The van der Waals surface area contributed by atoms with Crippen molar-refractivity contribution in [2.45, 2.75) is 45.5 Å². The summed E-state index contributed by atoms with van der Waals surface area (Å²) in [7, 11) is 0. The smallest absolute Gasteiger partial charge is 0.0544 e. The van der Waals surface area contributed by atoms with Crippen LogP contribution < -0.4 is 5.32 Å². The Morgan fingerprint density at radius 3 is 2.95 bits per heavy atom. The maximum atomic E-state index is 4.63. The lowest BCUT2D eigenvalue weighted by molar-refractivity contribution is 0.270. The van der Waals surface area contributed by atoms with E-state index in [1.807, 2.05) is 6.20 Å². The van der Waals surface area contributed by atoms with Gasteiger partial charge >= 0.3 is 0 Å². The number of hydrogen-bond donors (Lipinski definition) is 1. The topological polar surface area (TPSA) is 28.2 Å². The van der Waals surface area contributed by atoms with Crippen molar-refractivity contribution in [2.75, 3.05) is 25.4 Å². The minimum absolute atomic E-state index is 0.695. The molecule has 1 aliphatic heterocycles. The van der Waals surface area contributed by atoms with Crippen LogP contribution in [0.2, 0.25) is 0 Å². The minimum atomic E-state index is 0.695. The third-order valence-corrected chi connectivity index (χ3v) is 5.20. The maximum absolute atomic E-state index is 4.63. The maximum Gasteiger partial charge on any atom is 0.0544 e. The lowest BCUT2D eigenvalue weighted by Gasteiger charge is -2.31. The SMILES string of the molecule is CCC1CN(Cc2ccc(CNCC(C)C)cn2)CCS1. The fourth-order valence-electron chi connectivity index (χ4n) is 2.56. The van der Waals surface area contributed by atoms with Gasteiger partial charge in [0.25, 0.3) is 0 Å². The number of pyridine rings is 1. The zero-order valence-corrected chi connectivity index (χ0v) is 14.5. The first kappa shape index (κ1) is 16.8. The highest BCUT2D eigenvalue weighted by atomic mass is 32.2. The Hall–Kier alpha value is -0.580. The number of rotatable bonds is 7. The van der Waals surface area contributed by atoms with Crippen LogP contribution in [0.3, 0.4) is 0 Å². The summed E-state index contributed by atoms with van der Waals surface area (Å²) in [6.07, 6.45) is 3.30. The Balaban J connectivity index is 1.79. The number of nitrogens with zero attached hydrogens (tertiary/aromatic N) is 2. The van der Waals surface area contributed by atoms with Crippen LogP contribution in [-0.2, 0) is 13.1 Å². The summed E-state index contributed by atoms with van der Waals surface area (Å²) in [6, 6.07) is 4.40. The van der Waals surface area contributed by atoms with Gasteiger partial charge in [-0.25, -0.2) is 0 Å². The van der Waals surface area contributed by atoms with E-state index in [1.54, 1.807) is 0 Å². The van der Waals surface area contributed by atoms with Crippen LogP contribution in [0.1, 0.15) is 38.4 Å². The highest BCUT2D eigenvalue weighted by Crippen LogP contribution is 2.22. The molecule has 1 aliphatic rings. The predicted molar refractivity (Wildman–Crippen MR) is 92.6 cm³/mol. The van der Waals surface area contributed by atoms with Crippen LogP contribution >= 0.6 is 11.8 Å². The van der Waals surface area contributed by atoms with Gasteiger partial charge in [0.05, 0.1) is 5.69 Å². The molecule has 1 aromatic rings. The molecule has 0 amide bonds. The summed E-state index contributed by atoms with van der Waals surface area (Å²) in [6.45, 7) is 12.1. The standard InChI is InChI=1S/C17H29N3S/c1-4-17-13-20(7-8-21-17)12-16-6-5-15(11-19-16)10-18-9-14(2)3/h5-6,11,14,17-18H,4,7-10,12-13H2,1-3H3. The van der Waals surface area contributed by atoms with E-state index in [2.05, 4.69) is 59.9 Å². The third-order valence-electron chi connectivity index (χ3n) is 3.83. The van der Waals surface area contributed by atoms with Crippen molar-refractivity contribution in [3.05, 3.63) is 29.6 Å². The molecule has 2 heterocycles. The quantitative estimate of drug-likeness (QED) is 0.837. The Morgan fingerprint density at radius 1 is 1.43 bits per heavy atom. The molecule has 1 saturated heterocycles. The Morgan fingerprint density at radius 2 is 2.29 bits per heavy atom. The van der Waals surface area contributed by atoms with E-state index >= 15 is 0 Å². The van der Waals surface area contributed by atoms with Crippen molar-refractivity contribution in [1.29, 1.82) is 0 Å². The summed E-state index contributed by atoms with van der Waals surface area (Å²) >= 11 is 2.12. The van der Waals surface area contributed by atoms with E-state index in [-0.39, 0.29) is 0 Å². The lowest BCUT2D eigenvalue weighted by Crippen LogP contribution is -2.37. The van der Waals surface area contributed by atoms with Gasteiger partial charge in [0.15, 0.2) is 0 Å². The normalized spacial score (nSPS) is 20.1. The van der Waals surface area contributed by atoms with Crippen LogP contribution in [0.25, 0.3) is 0 Å². The second-order valence-corrected chi connectivity index (χ2v) is 7.73. The van der Waals surface area contributed by atoms with E-state index in [0.29, 0.717) is 5.92 Å². The predicted octanol–water partition coefficient (Wildman–Crippen LogP) is 3.15. The van der Waals surface area contributed by atoms with E-state index in [0.717, 1.165) is 24.9 Å². The van der Waals surface area contributed by atoms with Crippen LogP contribution in [0, 0.1) is 5.92 Å². The molecule has 0 radical (unpaired) electrons. The number of aromatic nitrogens is 1. The van der Waals surface area contributed by atoms with Crippen molar-refractivity contribution < 1.29 is 0 Å². The van der Waals surface area contributed by atoms with E-state index in [9.17, 15) is 0 Å². The summed E-state index contributed by atoms with van der Waals surface area (Å²) in [4.78, 5) is 7.18. The molecule has 3 nitrogen and oxygen atoms in total. The largest absolute Gasteiger partial charge is 0.312 e. The summed E-state index contributed by atoms with van der Waals surface area (Å²) < 4.78 is 0. The average Bonchev–Trinajstić information content (AvgIpc) is 2.49. The van der Waals surface area contributed by atoms with Gasteiger partial charge in [0.2, 0.25) is 0 Å². The molecule has 21 heavy (non-hydrogen) atoms. The molecule has 1 unspecified atom stereocenters. The van der Waals surface area contributed by atoms with Gasteiger partial charge in [-0.15, -0.1) is 0 Å². The van der Waals surface area contributed by atoms with Gasteiger partial charge in [0.1, 0.15) is 0 Å². The fraction of sp³-hybridized carbons (Fsp3) is 0.706. The Labute approximate surface area is 133 Å². The van der Waals surface area contributed by atoms with Gasteiger partial charge in [-0.1, -0.05) is 26.8 Å². The molecule has 118 valence electrons. The monoisotopic (exact) mass is 307 g/mol. The molecule has 1 fully saturated rings. The van der Waals surface area contributed by atoms with Gasteiger partial charge < -0.3 is 5.32 Å². The van der Waals surface area contributed by atoms with Crippen molar-refractivity contribution in [2.24, 2.45) is 5.92 Å². The molecular formula is C17H29N3S. The molecular weight excluding hydrogens is 278 g/mol. The van der Waals surface area contributed by atoms with E-state index in [1.165, 1.54) is 36.5 Å². The molecule has 0 bridgehead atoms. The lowest BCUT2D eigenvalue weighted by atomic mass is 10.2. The van der Waals surface area contributed by atoms with Crippen molar-refractivity contribution in [3.63, 3.8) is 0 Å². The van der Waals surface area contributed by atoms with Crippen molar-refractivity contribution in [3.8, 4) is 0 Å². The Kier molecular flexibility index (Phi) is 7.00. The molecule has 4 heteroatoms. The number of nitrogens with one attached hydrogen (secondary N) is 1. The number of thioether (sulfide) groups is 1. The fourth-order valence-corrected chi connectivity index (χ4v) is 3.81. The van der Waals surface area contributed by atoms with Crippen LogP contribution in [-0.4, -0.2) is 40.5 Å². The summed E-state index contributed by atoms with van der Waals surface area (Å²) in [5.74, 6) is 1.95. The molecule has 0 saturated carbocycles. The van der Waals surface area contributed by atoms with Crippen LogP contribution in [0.5, 0.6) is 0 Å². The molecule has 1 aromatic heterocycles. The van der Waals surface area contributed by atoms with Gasteiger partial charge in [0, 0.05) is 43.4 Å². The summed E-state index contributed by atoms with van der Waals surface area (Å²) in [5, 5.41) is 4.27. The first-order chi connectivity index (χ1) is 10.2. The second kappa shape index (κ2) is 8.76. The zero-order valence-electron chi connectivity index (χ0n) is 13.6. The summed E-state index contributed by atoms with van der Waals surface area (Å²) in [5.41, 5.74) is 2.48. The first-order valence-electron chi connectivity index (χ1n) is 8.15. The highest BCUT2D eigenvalue weighted by Gasteiger charge is 2.19. The van der Waals surface area contributed by atoms with E-state index < -0.39 is 0 Å². The van der Waals surface area contributed by atoms with Gasteiger partial charge in [-0.3, -0.25) is 9.88 Å². The zero-order chi connectivity index (χ0) is 15.1. The van der Waals surface area contributed by atoms with Crippen LogP contribution in [0.15, 0.2) is 18.3 Å². The van der Waals surface area contributed by atoms with Crippen molar-refractivity contribution >= 4 is 11.8 Å². The minimum Gasteiger partial charge on any atom is -0.312 e. The third kappa shape index (κ3) is 5.97. The molecule has 0 aliphatic carbocycles. The van der Waals surface area contributed by atoms with E-state index in [4.69, 9.17) is 0 Å². The number of hydrogen-bond acceptors (Lipinski definition) is 4. The average molecular weight is 308 g/mol. The molecule has 1 atom stereocenters.